The van der Waals surface area contributed by atoms with Gasteiger partial charge in [-0.3, -0.25) is 0 Å². The molecule has 4 heteroatoms. The first-order valence-electron chi connectivity index (χ1n) is 5.34. The van der Waals surface area contributed by atoms with Crippen LogP contribution in [0, 0.1) is 5.92 Å². The zero-order chi connectivity index (χ0) is 10.8. The summed E-state index contributed by atoms with van der Waals surface area (Å²) in [6.07, 6.45) is 6.62. The maximum Gasteiger partial charge on any atom is 0.146 e. The first kappa shape index (κ1) is 11.3. The number of hydrogen-bond acceptors (Lipinski definition) is 2. The Morgan fingerprint density at radius 2 is 2.20 bits per heavy atom. The van der Waals surface area contributed by atoms with Gasteiger partial charge in [-0.25, -0.2) is 9.97 Å². The molecule has 2 nitrogen and oxygen atoms in total. The van der Waals surface area contributed by atoms with Gasteiger partial charge in [-0.05, 0) is 34.7 Å². The van der Waals surface area contributed by atoms with Crippen LogP contribution in [0.15, 0.2) is 10.8 Å². The highest BCUT2D eigenvalue weighted by Crippen LogP contribution is 2.38. The molecule has 1 saturated carbocycles. The van der Waals surface area contributed by atoms with Crippen molar-refractivity contribution in [2.75, 3.05) is 0 Å². The zero-order valence-electron chi connectivity index (χ0n) is 8.71. The summed E-state index contributed by atoms with van der Waals surface area (Å²) in [4.78, 5) is 8.32. The summed E-state index contributed by atoms with van der Waals surface area (Å²) in [6, 6.07) is 0. The lowest BCUT2D eigenvalue weighted by Crippen LogP contribution is -2.13. The van der Waals surface area contributed by atoms with E-state index in [0.29, 0.717) is 11.1 Å². The molecule has 1 aromatic heterocycles. The molecule has 1 fully saturated rings. The summed E-state index contributed by atoms with van der Waals surface area (Å²) >= 11 is 9.45. The monoisotopic (exact) mass is 288 g/mol. The largest absolute Gasteiger partial charge is 0.240 e. The molecule has 82 valence electrons. The van der Waals surface area contributed by atoms with Crippen LogP contribution in [0.2, 0.25) is 5.15 Å². The Morgan fingerprint density at radius 3 is 2.93 bits per heavy atom. The van der Waals surface area contributed by atoms with Crippen LogP contribution < -0.4 is 0 Å². The molecule has 2 rings (SSSR count). The van der Waals surface area contributed by atoms with Crippen molar-refractivity contribution in [3.05, 3.63) is 21.6 Å². The van der Waals surface area contributed by atoms with Gasteiger partial charge in [-0.15, -0.1) is 0 Å². The molecule has 2 atom stereocenters. The van der Waals surface area contributed by atoms with Gasteiger partial charge in [0.2, 0.25) is 0 Å². The Balaban J connectivity index is 2.24. The second-order valence-electron chi connectivity index (χ2n) is 4.33. The minimum Gasteiger partial charge on any atom is -0.240 e. The molecule has 1 aromatic rings. The lowest BCUT2D eigenvalue weighted by molar-refractivity contribution is 0.339. The SMILES string of the molecule is CC1CCCC(c2ncnc(Cl)c2Br)C1. The average molecular weight is 290 g/mol. The van der Waals surface area contributed by atoms with Crippen molar-refractivity contribution in [3.8, 4) is 0 Å². The molecular formula is C11H14BrClN2. The van der Waals surface area contributed by atoms with Crippen molar-refractivity contribution in [1.29, 1.82) is 0 Å². The van der Waals surface area contributed by atoms with E-state index < -0.39 is 0 Å². The van der Waals surface area contributed by atoms with Crippen molar-refractivity contribution in [2.24, 2.45) is 5.92 Å². The smallest absolute Gasteiger partial charge is 0.146 e. The van der Waals surface area contributed by atoms with E-state index in [-0.39, 0.29) is 0 Å². The molecule has 1 aliphatic rings. The second-order valence-corrected chi connectivity index (χ2v) is 5.48. The van der Waals surface area contributed by atoms with Crippen molar-refractivity contribution in [1.82, 2.24) is 9.97 Å². The number of rotatable bonds is 1. The Labute approximate surface area is 104 Å². The Morgan fingerprint density at radius 1 is 1.40 bits per heavy atom. The fourth-order valence-corrected chi connectivity index (χ4v) is 3.00. The third kappa shape index (κ3) is 2.51. The highest BCUT2D eigenvalue weighted by Gasteiger charge is 2.24. The normalized spacial score (nSPS) is 26.6. The molecule has 15 heavy (non-hydrogen) atoms. The molecule has 0 radical (unpaired) electrons. The average Bonchev–Trinajstić information content (AvgIpc) is 2.22. The summed E-state index contributed by atoms with van der Waals surface area (Å²) in [5.41, 5.74) is 1.08. The molecule has 0 spiro atoms. The minimum atomic E-state index is 0.526. The van der Waals surface area contributed by atoms with Crippen molar-refractivity contribution in [3.63, 3.8) is 0 Å². The molecule has 1 aliphatic carbocycles. The van der Waals surface area contributed by atoms with Gasteiger partial charge in [-0.1, -0.05) is 31.4 Å². The molecule has 2 unspecified atom stereocenters. The highest BCUT2D eigenvalue weighted by molar-refractivity contribution is 9.10. The van der Waals surface area contributed by atoms with E-state index in [1.165, 1.54) is 25.7 Å². The minimum absolute atomic E-state index is 0.526. The first-order valence-corrected chi connectivity index (χ1v) is 6.51. The van der Waals surface area contributed by atoms with E-state index in [0.717, 1.165) is 16.1 Å². The number of halogens is 2. The van der Waals surface area contributed by atoms with E-state index in [2.05, 4.69) is 32.8 Å². The fourth-order valence-electron chi connectivity index (χ4n) is 2.33. The maximum atomic E-state index is 5.97. The predicted octanol–water partition coefficient (Wildman–Crippen LogP) is 4.19. The van der Waals surface area contributed by atoms with Gasteiger partial charge in [0, 0.05) is 5.92 Å². The summed E-state index contributed by atoms with van der Waals surface area (Å²) < 4.78 is 0.880. The molecule has 1 heterocycles. The molecule has 0 bridgehead atoms. The quantitative estimate of drug-likeness (QED) is 0.725. The summed E-state index contributed by atoms with van der Waals surface area (Å²) in [5.74, 6) is 1.34. The number of nitrogens with zero attached hydrogens (tertiary/aromatic N) is 2. The van der Waals surface area contributed by atoms with Crippen LogP contribution in [0.5, 0.6) is 0 Å². The van der Waals surface area contributed by atoms with E-state index in [9.17, 15) is 0 Å². The third-order valence-electron chi connectivity index (χ3n) is 3.10. The Bertz CT molecular complexity index is 356. The van der Waals surface area contributed by atoms with Crippen molar-refractivity contribution in [2.45, 2.75) is 38.5 Å². The zero-order valence-corrected chi connectivity index (χ0v) is 11.1. The predicted molar refractivity (Wildman–Crippen MR) is 65.1 cm³/mol. The fraction of sp³-hybridized carbons (Fsp3) is 0.636. The molecular weight excluding hydrogens is 275 g/mol. The lowest BCUT2D eigenvalue weighted by atomic mass is 9.81. The second kappa shape index (κ2) is 4.79. The first-order chi connectivity index (χ1) is 7.18. The van der Waals surface area contributed by atoms with E-state index in [4.69, 9.17) is 11.6 Å². The highest BCUT2D eigenvalue weighted by atomic mass is 79.9. The Kier molecular flexibility index (Phi) is 3.62. The lowest BCUT2D eigenvalue weighted by Gasteiger charge is -2.26. The molecule has 0 aromatic carbocycles. The van der Waals surface area contributed by atoms with Crippen LogP contribution in [0.4, 0.5) is 0 Å². The van der Waals surface area contributed by atoms with Crippen LogP contribution in [-0.2, 0) is 0 Å². The van der Waals surface area contributed by atoms with E-state index >= 15 is 0 Å². The number of aromatic nitrogens is 2. The topological polar surface area (TPSA) is 25.8 Å². The van der Waals surface area contributed by atoms with Crippen molar-refractivity contribution < 1.29 is 0 Å². The van der Waals surface area contributed by atoms with Crippen LogP contribution >= 0.6 is 27.5 Å². The summed E-state index contributed by atoms with van der Waals surface area (Å²) in [5, 5.41) is 0.526. The van der Waals surface area contributed by atoms with Crippen LogP contribution in [-0.4, -0.2) is 9.97 Å². The van der Waals surface area contributed by atoms with E-state index in [1.807, 2.05) is 0 Å². The molecule has 0 aliphatic heterocycles. The molecule has 0 N–H and O–H groups in total. The molecule has 0 amide bonds. The van der Waals surface area contributed by atoms with E-state index in [1.54, 1.807) is 6.33 Å². The van der Waals surface area contributed by atoms with Crippen LogP contribution in [0.1, 0.15) is 44.2 Å². The van der Waals surface area contributed by atoms with Gasteiger partial charge in [0.25, 0.3) is 0 Å². The molecule has 0 saturated heterocycles. The third-order valence-corrected chi connectivity index (χ3v) is 4.39. The maximum absolute atomic E-state index is 5.97. The Hall–Kier alpha value is -0.150. The standard InChI is InChI=1S/C11H14BrClN2/c1-7-3-2-4-8(5-7)10-9(12)11(13)15-6-14-10/h6-8H,2-5H2,1H3. The summed E-state index contributed by atoms with van der Waals surface area (Å²) in [6.45, 7) is 2.31. The van der Waals surface area contributed by atoms with Gasteiger partial charge in [0.15, 0.2) is 0 Å². The van der Waals surface area contributed by atoms with Gasteiger partial charge < -0.3 is 0 Å². The van der Waals surface area contributed by atoms with Crippen LogP contribution in [0.25, 0.3) is 0 Å². The van der Waals surface area contributed by atoms with Crippen LogP contribution in [0.3, 0.4) is 0 Å². The van der Waals surface area contributed by atoms with Crippen molar-refractivity contribution >= 4 is 27.5 Å². The summed E-state index contributed by atoms with van der Waals surface area (Å²) in [7, 11) is 0. The van der Waals surface area contributed by atoms with Gasteiger partial charge in [-0.2, -0.15) is 0 Å². The van der Waals surface area contributed by atoms with Gasteiger partial charge in [0.05, 0.1) is 10.2 Å². The number of hydrogen-bond donors (Lipinski definition) is 0. The van der Waals surface area contributed by atoms with Gasteiger partial charge >= 0.3 is 0 Å². The van der Waals surface area contributed by atoms with Gasteiger partial charge in [0.1, 0.15) is 11.5 Å².